The van der Waals surface area contributed by atoms with Crippen molar-refractivity contribution in [3.63, 3.8) is 0 Å². The van der Waals surface area contributed by atoms with Gasteiger partial charge in [0, 0.05) is 6.08 Å². The molecule has 0 atom stereocenters. The fraction of sp³-hybridized carbons (Fsp3) is 0. The Labute approximate surface area is 161 Å². The molecule has 94 valence electrons. The van der Waals surface area contributed by atoms with Crippen molar-refractivity contribution in [3.05, 3.63) is 66.2 Å². The van der Waals surface area contributed by atoms with E-state index in [-0.39, 0.29) is 58.4 Å². The van der Waals surface area contributed by atoms with Gasteiger partial charge in [0.2, 0.25) is 0 Å². The third-order valence-corrected chi connectivity index (χ3v) is 2.69. The third kappa shape index (κ3) is 4.41. The molecule has 2 aromatic rings. The van der Waals surface area contributed by atoms with Crippen LogP contribution < -0.4 is 51.4 Å². The smallest absolute Gasteiger partial charge is 1.00 e. The summed E-state index contributed by atoms with van der Waals surface area (Å²) in [6.45, 7) is 0. The van der Waals surface area contributed by atoms with Crippen LogP contribution in [0.3, 0.4) is 0 Å². The van der Waals surface area contributed by atoms with E-state index in [1.54, 1.807) is 12.1 Å². The standard InChI is InChI=1S/C16H11NO2.K.H/c17-11-15(10-16(18)19)14-8-6-13(7-9-14)12-4-2-1-3-5-12;;/h1-10H,(H,18,19);;/q;+1;-1. The number of benzene rings is 2. The van der Waals surface area contributed by atoms with Gasteiger partial charge in [-0.2, -0.15) is 5.26 Å². The first-order chi connectivity index (χ1) is 9.20. The van der Waals surface area contributed by atoms with Crippen molar-refractivity contribution in [1.82, 2.24) is 0 Å². The Hall–Kier alpha value is -1.22. The van der Waals surface area contributed by atoms with Crippen LogP contribution in [-0.2, 0) is 4.79 Å². The van der Waals surface area contributed by atoms with Gasteiger partial charge in [0.05, 0.1) is 5.57 Å². The van der Waals surface area contributed by atoms with Gasteiger partial charge in [-0.05, 0) is 16.7 Å². The summed E-state index contributed by atoms with van der Waals surface area (Å²) in [7, 11) is 0. The molecule has 0 unspecified atom stereocenters. The zero-order valence-corrected chi connectivity index (χ0v) is 14.2. The van der Waals surface area contributed by atoms with E-state index in [4.69, 9.17) is 10.4 Å². The molecule has 1 N–H and O–H groups in total. The molecule has 0 aliphatic heterocycles. The number of allylic oxidation sites excluding steroid dienone is 1. The second-order valence-electron chi connectivity index (χ2n) is 3.95. The van der Waals surface area contributed by atoms with E-state index in [0.29, 0.717) is 5.56 Å². The first kappa shape index (κ1) is 16.8. The van der Waals surface area contributed by atoms with Gasteiger partial charge in [-0.1, -0.05) is 54.6 Å². The summed E-state index contributed by atoms with van der Waals surface area (Å²) < 4.78 is 0. The summed E-state index contributed by atoms with van der Waals surface area (Å²) in [6.07, 6.45) is 0.914. The van der Waals surface area contributed by atoms with Gasteiger partial charge in [-0.3, -0.25) is 0 Å². The van der Waals surface area contributed by atoms with Gasteiger partial charge < -0.3 is 6.53 Å². The molecule has 0 saturated carbocycles. The topological polar surface area (TPSA) is 61.1 Å². The van der Waals surface area contributed by atoms with Gasteiger partial charge in [0.15, 0.2) is 0 Å². The number of carbonyl (C=O) groups is 1. The molecule has 2 rings (SSSR count). The summed E-state index contributed by atoms with van der Waals surface area (Å²) in [4.78, 5) is 10.6. The molecule has 0 amide bonds. The van der Waals surface area contributed by atoms with E-state index in [1.807, 2.05) is 48.5 Å². The summed E-state index contributed by atoms with van der Waals surface area (Å²) in [5, 5.41) is 17.6. The van der Waals surface area contributed by atoms with E-state index in [0.717, 1.165) is 17.2 Å². The van der Waals surface area contributed by atoms with E-state index < -0.39 is 5.97 Å². The van der Waals surface area contributed by atoms with Crippen molar-refractivity contribution in [2.24, 2.45) is 0 Å². The molecule has 0 aliphatic rings. The molecule has 0 fully saturated rings. The first-order valence-electron chi connectivity index (χ1n) is 5.71. The van der Waals surface area contributed by atoms with E-state index in [9.17, 15) is 4.79 Å². The number of hydrogen-bond donors (Lipinski definition) is 1. The minimum absolute atomic E-state index is 0. The Kier molecular flexibility index (Phi) is 6.86. The van der Waals surface area contributed by atoms with Gasteiger partial charge in [0.1, 0.15) is 6.07 Å². The SMILES string of the molecule is N#CC(=CC(=O)O)c1ccc(-c2ccccc2)cc1.[H-].[K+]. The second-order valence-corrected chi connectivity index (χ2v) is 3.95. The summed E-state index contributed by atoms with van der Waals surface area (Å²) in [6, 6.07) is 19.0. The number of carboxylic acid groups (broad SMARTS) is 1. The van der Waals surface area contributed by atoms with Crippen LogP contribution in [0, 0.1) is 11.3 Å². The minimum Gasteiger partial charge on any atom is -1.00 e. The number of aliphatic carboxylic acids is 1. The average Bonchev–Trinajstić information content (AvgIpc) is 2.46. The molecule has 20 heavy (non-hydrogen) atoms. The molecule has 2 aromatic carbocycles. The van der Waals surface area contributed by atoms with Gasteiger partial charge in [-0.25, -0.2) is 4.79 Å². The number of nitrogens with zero attached hydrogens (tertiary/aromatic N) is 1. The van der Waals surface area contributed by atoms with Crippen molar-refractivity contribution in [3.8, 4) is 17.2 Å². The Morgan fingerprint density at radius 3 is 2.10 bits per heavy atom. The van der Waals surface area contributed by atoms with Gasteiger partial charge in [0.25, 0.3) is 0 Å². The first-order valence-corrected chi connectivity index (χ1v) is 5.71. The zero-order chi connectivity index (χ0) is 13.7. The van der Waals surface area contributed by atoms with Crippen LogP contribution in [0.25, 0.3) is 16.7 Å². The second kappa shape index (κ2) is 8.15. The Morgan fingerprint density at radius 1 is 1.05 bits per heavy atom. The summed E-state index contributed by atoms with van der Waals surface area (Å²) in [5.41, 5.74) is 2.85. The van der Waals surface area contributed by atoms with Crippen molar-refractivity contribution in [2.45, 2.75) is 0 Å². The molecular weight excluding hydrogens is 277 g/mol. The third-order valence-electron chi connectivity index (χ3n) is 2.69. The van der Waals surface area contributed by atoms with Crippen molar-refractivity contribution in [1.29, 1.82) is 5.26 Å². The average molecular weight is 289 g/mol. The van der Waals surface area contributed by atoms with Crippen LogP contribution in [0.5, 0.6) is 0 Å². The maximum absolute atomic E-state index is 10.6. The van der Waals surface area contributed by atoms with E-state index in [2.05, 4.69) is 0 Å². The molecule has 3 nitrogen and oxygen atoms in total. The van der Waals surface area contributed by atoms with Crippen LogP contribution in [-0.4, -0.2) is 11.1 Å². The van der Waals surface area contributed by atoms with Crippen LogP contribution in [0.1, 0.15) is 6.99 Å². The molecule has 0 saturated heterocycles. The van der Waals surface area contributed by atoms with Crippen molar-refractivity contribution in [2.75, 3.05) is 0 Å². The molecule has 0 bridgehead atoms. The van der Waals surface area contributed by atoms with Gasteiger partial charge in [-0.15, -0.1) is 0 Å². The van der Waals surface area contributed by atoms with Crippen LogP contribution in [0.15, 0.2) is 60.7 Å². The van der Waals surface area contributed by atoms with E-state index >= 15 is 0 Å². The predicted octanol–water partition coefficient (Wildman–Crippen LogP) is 0.462. The summed E-state index contributed by atoms with van der Waals surface area (Å²) in [5.74, 6) is -1.12. The number of rotatable bonds is 3. The molecule has 0 heterocycles. The fourth-order valence-corrected chi connectivity index (χ4v) is 1.78. The molecule has 0 spiro atoms. The van der Waals surface area contributed by atoms with Gasteiger partial charge >= 0.3 is 57.4 Å². The molecule has 4 heteroatoms. The van der Waals surface area contributed by atoms with Crippen LogP contribution >= 0.6 is 0 Å². The number of hydrogen-bond acceptors (Lipinski definition) is 2. The predicted molar refractivity (Wildman–Crippen MR) is 74.2 cm³/mol. The largest absolute Gasteiger partial charge is 1.00 e. The Morgan fingerprint density at radius 2 is 1.60 bits per heavy atom. The number of nitriles is 1. The maximum atomic E-state index is 10.6. The Bertz CT molecular complexity index is 661. The molecule has 0 aliphatic carbocycles. The fourth-order valence-electron chi connectivity index (χ4n) is 1.78. The molecule has 0 aromatic heterocycles. The zero-order valence-electron chi connectivity index (χ0n) is 12.1. The monoisotopic (exact) mass is 289 g/mol. The maximum Gasteiger partial charge on any atom is 1.00 e. The van der Waals surface area contributed by atoms with Crippen molar-refractivity contribution < 1.29 is 62.7 Å². The van der Waals surface area contributed by atoms with Crippen LogP contribution in [0.4, 0.5) is 0 Å². The normalized spacial score (nSPS) is 10.2. The van der Waals surface area contributed by atoms with Crippen LogP contribution in [0.2, 0.25) is 0 Å². The van der Waals surface area contributed by atoms with E-state index in [1.165, 1.54) is 0 Å². The summed E-state index contributed by atoms with van der Waals surface area (Å²) >= 11 is 0. The minimum atomic E-state index is -1.12. The molecule has 0 radical (unpaired) electrons. The number of carboxylic acids is 1. The Balaban J connectivity index is 0.00000200. The molecular formula is C16H12KNO2. The quantitative estimate of drug-likeness (QED) is 0.507. The van der Waals surface area contributed by atoms with Crippen molar-refractivity contribution >= 4 is 11.5 Å².